The van der Waals surface area contributed by atoms with E-state index in [4.69, 9.17) is 27.6 Å². The summed E-state index contributed by atoms with van der Waals surface area (Å²) < 4.78 is 5.42. The van der Waals surface area contributed by atoms with E-state index in [0.717, 1.165) is 0 Å². The van der Waals surface area contributed by atoms with Crippen LogP contribution in [0.15, 0.2) is 46.4 Å². The molecule has 1 unspecified atom stereocenters. The van der Waals surface area contributed by atoms with Gasteiger partial charge in [0, 0.05) is 5.56 Å². The summed E-state index contributed by atoms with van der Waals surface area (Å²) in [5.74, 6) is -2.58. The van der Waals surface area contributed by atoms with Crippen LogP contribution in [0.25, 0.3) is 0 Å². The van der Waals surface area contributed by atoms with Crippen molar-refractivity contribution in [1.29, 1.82) is 0 Å². The maximum atomic E-state index is 13.0. The Labute approximate surface area is 189 Å². The Balaban J connectivity index is 1.84. The highest BCUT2D eigenvalue weighted by Gasteiger charge is 2.37. The maximum absolute atomic E-state index is 13.0. The largest absolute Gasteiger partial charge is 0.547 e. The molecule has 172 valence electrons. The second-order valence-corrected chi connectivity index (χ2v) is 7.41. The molecule has 33 heavy (non-hydrogen) atoms. The lowest BCUT2D eigenvalue weighted by molar-refractivity contribution is 0.0693. The summed E-state index contributed by atoms with van der Waals surface area (Å²) in [6.07, 6.45) is 0.178. The monoisotopic (exact) mass is 453 g/mol. The van der Waals surface area contributed by atoms with Crippen LogP contribution in [0.1, 0.15) is 37.4 Å². The van der Waals surface area contributed by atoms with Crippen LogP contribution < -0.4 is 32.9 Å². The van der Waals surface area contributed by atoms with Gasteiger partial charge in [-0.15, -0.1) is 0 Å². The first-order valence-electron chi connectivity index (χ1n) is 9.88. The zero-order chi connectivity index (χ0) is 24.1. The number of para-hydroxylation sites is 1. The Hall–Kier alpha value is -4.26. The fourth-order valence-corrected chi connectivity index (χ4v) is 3.41. The van der Waals surface area contributed by atoms with Gasteiger partial charge < -0.3 is 43.0 Å². The average Bonchev–Trinajstić information content (AvgIpc) is 2.76. The molecule has 2 aromatic carbocycles. The number of nitrogens with zero attached hydrogens (tertiary/aromatic N) is 2. The van der Waals surface area contributed by atoms with E-state index >= 15 is 0 Å². The first-order chi connectivity index (χ1) is 15.6. The zero-order valence-electron chi connectivity index (χ0n) is 17.6. The van der Waals surface area contributed by atoms with Crippen molar-refractivity contribution in [2.75, 3.05) is 0 Å². The number of carbonyl (C=O) groups excluding carboxylic acids is 1. The van der Waals surface area contributed by atoms with E-state index in [-0.39, 0.29) is 48.3 Å². The van der Waals surface area contributed by atoms with E-state index in [1.165, 1.54) is 6.07 Å². The predicted octanol–water partition coefficient (Wildman–Crippen LogP) is -1.32. The van der Waals surface area contributed by atoms with Gasteiger partial charge in [-0.3, -0.25) is 4.79 Å². The number of guanidine groups is 2. The number of benzene rings is 2. The Morgan fingerprint density at radius 3 is 2.21 bits per heavy atom. The van der Waals surface area contributed by atoms with Crippen LogP contribution in [0.2, 0.25) is 0 Å². The molecule has 0 radical (unpaired) electrons. The summed E-state index contributed by atoms with van der Waals surface area (Å²) in [6.45, 7) is 0.275. The van der Waals surface area contributed by atoms with E-state index in [2.05, 4.69) is 15.3 Å². The SMILES string of the molecule is NC(N)=NCc1cc(CN=C(N)N)cc(C(=O)NC2Cc3cccc(C(=O)O)c3OB2O)c1. The minimum Gasteiger partial charge on any atom is -0.534 e. The molecule has 11 N–H and O–H groups in total. The number of carboxylic acid groups (broad SMARTS) is 1. The number of nitrogens with one attached hydrogen (secondary N) is 1. The summed E-state index contributed by atoms with van der Waals surface area (Å²) in [5.41, 5.74) is 23.7. The maximum Gasteiger partial charge on any atom is 0.547 e. The molecule has 0 spiro atoms. The van der Waals surface area contributed by atoms with Crippen LogP contribution in [0.4, 0.5) is 0 Å². The van der Waals surface area contributed by atoms with Crippen LogP contribution in [-0.2, 0) is 19.5 Å². The van der Waals surface area contributed by atoms with Gasteiger partial charge in [0.2, 0.25) is 0 Å². The lowest BCUT2D eigenvalue weighted by Crippen LogP contribution is -2.53. The number of hydrogen-bond donors (Lipinski definition) is 7. The highest BCUT2D eigenvalue weighted by Crippen LogP contribution is 2.30. The van der Waals surface area contributed by atoms with Gasteiger partial charge in [-0.25, -0.2) is 14.8 Å². The number of carbonyl (C=O) groups is 2. The van der Waals surface area contributed by atoms with Gasteiger partial charge in [0.15, 0.2) is 11.9 Å². The van der Waals surface area contributed by atoms with Crippen LogP contribution in [0, 0.1) is 0 Å². The van der Waals surface area contributed by atoms with Gasteiger partial charge in [-0.2, -0.15) is 0 Å². The minimum atomic E-state index is -1.44. The van der Waals surface area contributed by atoms with Gasteiger partial charge in [0.25, 0.3) is 5.91 Å². The second-order valence-electron chi connectivity index (χ2n) is 7.41. The third-order valence-electron chi connectivity index (χ3n) is 4.87. The molecule has 1 atom stereocenters. The highest BCUT2D eigenvalue weighted by atomic mass is 16.5. The first-order valence-corrected chi connectivity index (χ1v) is 9.88. The molecule has 1 aliphatic heterocycles. The van der Waals surface area contributed by atoms with Crippen molar-refractivity contribution in [3.8, 4) is 5.75 Å². The zero-order valence-corrected chi connectivity index (χ0v) is 17.6. The molecular formula is C20H24BN7O5. The topological polar surface area (TPSA) is 225 Å². The van der Waals surface area contributed by atoms with Crippen LogP contribution in [0.3, 0.4) is 0 Å². The number of carboxylic acids is 1. The first kappa shape index (κ1) is 23.4. The number of nitrogens with two attached hydrogens (primary N) is 4. The van der Waals surface area contributed by atoms with Crippen molar-refractivity contribution in [1.82, 2.24) is 5.32 Å². The smallest absolute Gasteiger partial charge is 0.534 e. The van der Waals surface area contributed by atoms with Crippen LogP contribution >= 0.6 is 0 Å². The summed E-state index contributed by atoms with van der Waals surface area (Å²) in [5, 5.41) is 22.4. The molecule has 1 amide bonds. The normalized spacial score (nSPS) is 14.5. The molecule has 13 heteroatoms. The number of fused-ring (bicyclic) bond motifs is 1. The van der Waals surface area contributed by atoms with Gasteiger partial charge >= 0.3 is 13.1 Å². The molecule has 0 bridgehead atoms. The number of aromatic carboxylic acids is 1. The molecule has 0 aromatic heterocycles. The quantitative estimate of drug-likeness (QED) is 0.150. The lowest BCUT2D eigenvalue weighted by Gasteiger charge is -2.29. The second kappa shape index (κ2) is 9.91. The summed E-state index contributed by atoms with van der Waals surface area (Å²) in [6, 6.07) is 9.60. The summed E-state index contributed by atoms with van der Waals surface area (Å²) in [4.78, 5) is 32.3. The summed E-state index contributed by atoms with van der Waals surface area (Å²) >= 11 is 0. The fraction of sp³-hybridized carbons (Fsp3) is 0.200. The van der Waals surface area contributed by atoms with Crippen LogP contribution in [0.5, 0.6) is 5.75 Å². The highest BCUT2D eigenvalue weighted by molar-refractivity contribution is 6.47. The third kappa shape index (κ3) is 5.92. The number of amides is 1. The molecular weight excluding hydrogens is 429 g/mol. The number of hydrogen-bond acceptors (Lipinski definition) is 6. The molecule has 12 nitrogen and oxygen atoms in total. The Morgan fingerprint density at radius 2 is 1.67 bits per heavy atom. The number of aliphatic imine (C=N–C) groups is 2. The molecule has 3 rings (SSSR count). The molecule has 1 aliphatic rings. The van der Waals surface area contributed by atoms with E-state index in [9.17, 15) is 19.7 Å². The van der Waals surface area contributed by atoms with E-state index in [1.807, 2.05) is 0 Å². The molecule has 1 heterocycles. The fourth-order valence-electron chi connectivity index (χ4n) is 3.41. The van der Waals surface area contributed by atoms with Crippen molar-refractivity contribution in [2.45, 2.75) is 25.5 Å². The Morgan fingerprint density at radius 1 is 1.06 bits per heavy atom. The van der Waals surface area contributed by atoms with Gasteiger partial charge in [0.05, 0.1) is 24.6 Å². The van der Waals surface area contributed by atoms with Crippen molar-refractivity contribution < 1.29 is 24.4 Å². The van der Waals surface area contributed by atoms with E-state index in [1.54, 1.807) is 30.3 Å². The van der Waals surface area contributed by atoms with Gasteiger partial charge in [0.1, 0.15) is 5.75 Å². The average molecular weight is 453 g/mol. The minimum absolute atomic E-state index is 0.0619. The third-order valence-corrected chi connectivity index (χ3v) is 4.87. The van der Waals surface area contributed by atoms with Crippen LogP contribution in [-0.4, -0.2) is 47.0 Å². The molecule has 2 aromatic rings. The molecule has 0 saturated heterocycles. The predicted molar refractivity (Wildman–Crippen MR) is 122 cm³/mol. The van der Waals surface area contributed by atoms with Crippen molar-refractivity contribution in [3.63, 3.8) is 0 Å². The molecule has 0 saturated carbocycles. The van der Waals surface area contributed by atoms with Gasteiger partial charge in [-0.1, -0.05) is 18.2 Å². The molecule has 0 aliphatic carbocycles. The van der Waals surface area contributed by atoms with Crippen molar-refractivity contribution in [3.05, 3.63) is 64.2 Å². The van der Waals surface area contributed by atoms with Crippen molar-refractivity contribution in [2.24, 2.45) is 32.9 Å². The summed E-state index contributed by atoms with van der Waals surface area (Å²) in [7, 11) is -1.44. The van der Waals surface area contributed by atoms with E-state index < -0.39 is 24.9 Å². The van der Waals surface area contributed by atoms with E-state index in [0.29, 0.717) is 16.7 Å². The Kier molecular flexibility index (Phi) is 7.03. The lowest BCUT2D eigenvalue weighted by atomic mass is 9.72. The molecule has 0 fully saturated rings. The number of rotatable bonds is 7. The van der Waals surface area contributed by atoms with Crippen molar-refractivity contribution >= 4 is 30.9 Å². The van der Waals surface area contributed by atoms with Gasteiger partial charge in [-0.05, 0) is 41.3 Å². The Bertz CT molecular complexity index is 1090. The standard InChI is InChI=1S/C20H24BN7O5/c22-19(23)26-8-10-4-11(9-27-20(24)25)6-13(5-10)17(29)28-15-7-12-2-1-3-14(18(30)31)16(12)33-21(15)32/h1-6,15,32H,7-9H2,(H,28,29)(H,30,31)(H4,22,23,26)(H4,24,25,27).